The summed E-state index contributed by atoms with van der Waals surface area (Å²) in [6, 6.07) is 7.32. The highest BCUT2D eigenvalue weighted by Crippen LogP contribution is 2.45. The van der Waals surface area contributed by atoms with Crippen LogP contribution in [0.5, 0.6) is 0 Å². The van der Waals surface area contributed by atoms with Crippen LogP contribution >= 0.6 is 0 Å². The molecular weight excluding hydrogens is 218 g/mol. The van der Waals surface area contributed by atoms with Gasteiger partial charge in [-0.3, -0.25) is 0 Å². The van der Waals surface area contributed by atoms with Gasteiger partial charge in [0.15, 0.2) is 0 Å². The standard InChI is InChI=1S/C17H23N/c1-11-6-12(2)8-16(7-11)18-13(3)17-10-14-4-5-15(17)9-14/h4-8,13-15,17-18H,9-10H2,1-3H3. The molecule has 0 saturated heterocycles. The van der Waals surface area contributed by atoms with Gasteiger partial charge in [-0.15, -0.1) is 0 Å². The number of benzene rings is 1. The van der Waals surface area contributed by atoms with Crippen LogP contribution in [0.1, 0.15) is 30.9 Å². The lowest BCUT2D eigenvalue weighted by molar-refractivity contribution is 0.400. The van der Waals surface area contributed by atoms with Crippen molar-refractivity contribution in [3.05, 3.63) is 41.5 Å². The van der Waals surface area contributed by atoms with E-state index in [1.54, 1.807) is 0 Å². The molecule has 1 heteroatoms. The third-order valence-corrected chi connectivity index (χ3v) is 4.59. The van der Waals surface area contributed by atoms with Gasteiger partial charge in [-0.2, -0.15) is 0 Å². The van der Waals surface area contributed by atoms with E-state index in [-0.39, 0.29) is 0 Å². The minimum Gasteiger partial charge on any atom is -0.382 e. The van der Waals surface area contributed by atoms with Gasteiger partial charge in [0.05, 0.1) is 0 Å². The van der Waals surface area contributed by atoms with Gasteiger partial charge in [-0.1, -0.05) is 18.2 Å². The molecule has 2 bridgehead atoms. The van der Waals surface area contributed by atoms with Gasteiger partial charge in [0.2, 0.25) is 0 Å². The molecule has 2 aliphatic carbocycles. The van der Waals surface area contributed by atoms with Gasteiger partial charge in [-0.05, 0) is 74.6 Å². The monoisotopic (exact) mass is 241 g/mol. The lowest BCUT2D eigenvalue weighted by Crippen LogP contribution is -2.28. The van der Waals surface area contributed by atoms with Gasteiger partial charge in [0, 0.05) is 11.7 Å². The Kier molecular flexibility index (Phi) is 2.93. The van der Waals surface area contributed by atoms with Gasteiger partial charge in [0.1, 0.15) is 0 Å². The molecule has 3 rings (SSSR count). The summed E-state index contributed by atoms with van der Waals surface area (Å²) in [7, 11) is 0. The first-order valence-corrected chi connectivity index (χ1v) is 7.15. The predicted molar refractivity (Wildman–Crippen MR) is 77.8 cm³/mol. The molecular formula is C17H23N. The highest BCUT2D eigenvalue weighted by Gasteiger charge is 2.38. The van der Waals surface area contributed by atoms with Crippen molar-refractivity contribution in [3.8, 4) is 0 Å². The molecule has 1 N–H and O–H groups in total. The number of nitrogens with one attached hydrogen (secondary N) is 1. The van der Waals surface area contributed by atoms with Crippen LogP contribution in [-0.4, -0.2) is 6.04 Å². The zero-order chi connectivity index (χ0) is 12.7. The maximum atomic E-state index is 3.72. The van der Waals surface area contributed by atoms with Gasteiger partial charge >= 0.3 is 0 Å². The van der Waals surface area contributed by atoms with Crippen molar-refractivity contribution in [2.24, 2.45) is 17.8 Å². The molecule has 1 saturated carbocycles. The number of aryl methyl sites for hydroxylation is 2. The first-order chi connectivity index (χ1) is 8.61. The molecule has 1 aromatic carbocycles. The summed E-state index contributed by atoms with van der Waals surface area (Å²) in [5, 5.41) is 3.72. The fraction of sp³-hybridized carbons (Fsp3) is 0.529. The Morgan fingerprint density at radius 1 is 1.06 bits per heavy atom. The van der Waals surface area contributed by atoms with Crippen molar-refractivity contribution in [1.29, 1.82) is 0 Å². The van der Waals surface area contributed by atoms with E-state index in [1.165, 1.54) is 29.7 Å². The smallest absolute Gasteiger partial charge is 0.0347 e. The molecule has 1 aromatic rings. The Morgan fingerprint density at radius 3 is 2.33 bits per heavy atom. The highest BCUT2D eigenvalue weighted by molar-refractivity contribution is 5.49. The van der Waals surface area contributed by atoms with Crippen LogP contribution in [0.15, 0.2) is 30.4 Å². The topological polar surface area (TPSA) is 12.0 Å². The molecule has 4 atom stereocenters. The lowest BCUT2D eigenvalue weighted by Gasteiger charge is -2.27. The van der Waals surface area contributed by atoms with Gasteiger partial charge in [0.25, 0.3) is 0 Å². The summed E-state index contributed by atoms with van der Waals surface area (Å²) < 4.78 is 0. The fourth-order valence-corrected chi connectivity index (χ4v) is 3.83. The van der Waals surface area contributed by atoms with E-state index in [2.05, 4.69) is 56.4 Å². The van der Waals surface area contributed by atoms with Crippen molar-refractivity contribution in [2.45, 2.75) is 39.7 Å². The van der Waals surface area contributed by atoms with Crippen LogP contribution < -0.4 is 5.32 Å². The molecule has 4 unspecified atom stereocenters. The van der Waals surface area contributed by atoms with Crippen LogP contribution in [0.2, 0.25) is 0 Å². The molecule has 0 heterocycles. The van der Waals surface area contributed by atoms with Crippen molar-refractivity contribution in [1.82, 2.24) is 0 Å². The Hall–Kier alpha value is -1.24. The lowest BCUT2D eigenvalue weighted by atomic mass is 9.87. The highest BCUT2D eigenvalue weighted by atomic mass is 14.9. The molecule has 1 fully saturated rings. The van der Waals surface area contributed by atoms with E-state index < -0.39 is 0 Å². The zero-order valence-electron chi connectivity index (χ0n) is 11.6. The quantitative estimate of drug-likeness (QED) is 0.777. The summed E-state index contributed by atoms with van der Waals surface area (Å²) >= 11 is 0. The van der Waals surface area contributed by atoms with Crippen LogP contribution in [0.4, 0.5) is 5.69 Å². The number of rotatable bonds is 3. The van der Waals surface area contributed by atoms with E-state index >= 15 is 0 Å². The van der Waals surface area contributed by atoms with Crippen molar-refractivity contribution in [3.63, 3.8) is 0 Å². The minimum absolute atomic E-state index is 0.575. The second-order valence-electron chi connectivity index (χ2n) is 6.25. The van der Waals surface area contributed by atoms with Crippen molar-refractivity contribution in [2.75, 3.05) is 5.32 Å². The molecule has 96 valence electrons. The van der Waals surface area contributed by atoms with Crippen LogP contribution in [0, 0.1) is 31.6 Å². The number of hydrogen-bond donors (Lipinski definition) is 1. The molecule has 18 heavy (non-hydrogen) atoms. The summed E-state index contributed by atoms with van der Waals surface area (Å²) in [5.41, 5.74) is 3.97. The molecule has 0 spiro atoms. The number of fused-ring (bicyclic) bond motifs is 2. The number of hydrogen-bond acceptors (Lipinski definition) is 1. The average molecular weight is 241 g/mol. The zero-order valence-corrected chi connectivity index (χ0v) is 11.6. The fourth-order valence-electron chi connectivity index (χ4n) is 3.83. The second kappa shape index (κ2) is 4.46. The SMILES string of the molecule is Cc1cc(C)cc(NC(C)C2CC3C=CC2C3)c1. The normalized spacial score (nSPS) is 30.7. The maximum absolute atomic E-state index is 3.72. The second-order valence-corrected chi connectivity index (χ2v) is 6.25. The largest absolute Gasteiger partial charge is 0.382 e. The molecule has 0 aliphatic heterocycles. The third-order valence-electron chi connectivity index (χ3n) is 4.59. The molecule has 0 amide bonds. The summed E-state index contributed by atoms with van der Waals surface area (Å²) in [6.45, 7) is 6.68. The van der Waals surface area contributed by atoms with E-state index in [4.69, 9.17) is 0 Å². The Balaban J connectivity index is 1.70. The van der Waals surface area contributed by atoms with Crippen LogP contribution in [-0.2, 0) is 0 Å². The predicted octanol–water partition coefficient (Wildman–Crippen LogP) is 4.32. The maximum Gasteiger partial charge on any atom is 0.0347 e. The molecule has 0 aromatic heterocycles. The van der Waals surface area contributed by atoms with E-state index in [0.717, 1.165) is 17.8 Å². The molecule has 2 aliphatic rings. The number of allylic oxidation sites excluding steroid dienone is 2. The average Bonchev–Trinajstić information content (AvgIpc) is 2.88. The van der Waals surface area contributed by atoms with E-state index in [9.17, 15) is 0 Å². The van der Waals surface area contributed by atoms with Gasteiger partial charge in [-0.25, -0.2) is 0 Å². The first kappa shape index (κ1) is 11.8. The summed E-state index contributed by atoms with van der Waals surface area (Å²) in [6.07, 6.45) is 7.63. The number of anilines is 1. The minimum atomic E-state index is 0.575. The van der Waals surface area contributed by atoms with Crippen molar-refractivity contribution < 1.29 is 0 Å². The Morgan fingerprint density at radius 2 is 1.78 bits per heavy atom. The van der Waals surface area contributed by atoms with E-state index in [1.807, 2.05) is 0 Å². The van der Waals surface area contributed by atoms with Crippen LogP contribution in [0.3, 0.4) is 0 Å². The molecule has 1 nitrogen and oxygen atoms in total. The Labute approximate surface area is 110 Å². The van der Waals surface area contributed by atoms with E-state index in [0.29, 0.717) is 6.04 Å². The van der Waals surface area contributed by atoms with Gasteiger partial charge < -0.3 is 5.32 Å². The Bertz CT molecular complexity index is 454. The first-order valence-electron chi connectivity index (χ1n) is 7.15. The third kappa shape index (κ3) is 2.19. The van der Waals surface area contributed by atoms with Crippen molar-refractivity contribution >= 4 is 5.69 Å². The molecule has 0 radical (unpaired) electrons. The summed E-state index contributed by atoms with van der Waals surface area (Å²) in [4.78, 5) is 0. The van der Waals surface area contributed by atoms with Crippen LogP contribution in [0.25, 0.3) is 0 Å². The summed E-state index contributed by atoms with van der Waals surface area (Å²) in [5.74, 6) is 2.51.